The maximum atomic E-state index is 12.7. The number of nitrogens with one attached hydrogen (secondary N) is 1. The number of hydrogen-bond acceptors (Lipinski definition) is 3. The zero-order valence-corrected chi connectivity index (χ0v) is 18.5. The van der Waals surface area contributed by atoms with Crippen LogP contribution in [0.1, 0.15) is 104 Å². The van der Waals surface area contributed by atoms with Crippen LogP contribution >= 0.6 is 0 Å². The number of carbonyl (C=O) groups is 2. The number of hydrogen-bond donors (Lipinski definition) is 2. The van der Waals surface area contributed by atoms with Crippen molar-refractivity contribution in [1.29, 1.82) is 0 Å². The van der Waals surface area contributed by atoms with E-state index in [1.807, 2.05) is 0 Å². The van der Waals surface area contributed by atoms with E-state index in [1.165, 1.54) is 70.6 Å². The Bertz CT molecular complexity index is 422. The van der Waals surface area contributed by atoms with Crippen molar-refractivity contribution in [2.45, 2.75) is 110 Å². The maximum absolute atomic E-state index is 12.7. The maximum Gasteiger partial charge on any atom is 0.237 e. The van der Waals surface area contributed by atoms with Crippen LogP contribution in [0.3, 0.4) is 0 Å². The van der Waals surface area contributed by atoms with Crippen molar-refractivity contribution < 1.29 is 9.59 Å². The highest BCUT2D eigenvalue weighted by Gasteiger charge is 2.29. The summed E-state index contributed by atoms with van der Waals surface area (Å²) in [6.07, 6.45) is 17.7. The first-order chi connectivity index (χ1) is 13.6. The topological polar surface area (TPSA) is 75.4 Å². The Balaban J connectivity index is 2.19. The second kappa shape index (κ2) is 15.8. The van der Waals surface area contributed by atoms with Crippen LogP contribution in [0.25, 0.3) is 0 Å². The SMILES string of the molecule is CCCCCCCCCCCNCC(=O)N(CC(N)=O)[C@@H](C)C1CCCCC1. The molecule has 0 bridgehead atoms. The number of nitrogens with zero attached hydrogens (tertiary/aromatic N) is 1. The molecule has 2 amide bonds. The molecule has 0 unspecified atom stereocenters. The molecule has 1 rings (SSSR count). The number of unbranched alkanes of at least 4 members (excludes halogenated alkanes) is 8. The third-order valence-electron chi connectivity index (χ3n) is 6.20. The first-order valence-electron chi connectivity index (χ1n) is 11.8. The number of rotatable bonds is 16. The molecule has 28 heavy (non-hydrogen) atoms. The van der Waals surface area contributed by atoms with Crippen molar-refractivity contribution in [3.05, 3.63) is 0 Å². The summed E-state index contributed by atoms with van der Waals surface area (Å²) in [7, 11) is 0. The Hall–Kier alpha value is -1.10. The zero-order valence-electron chi connectivity index (χ0n) is 18.5. The molecule has 3 N–H and O–H groups in total. The molecule has 1 aliphatic carbocycles. The normalized spacial score (nSPS) is 16.1. The van der Waals surface area contributed by atoms with Gasteiger partial charge in [0.25, 0.3) is 0 Å². The lowest BCUT2D eigenvalue weighted by atomic mass is 9.84. The fraction of sp³-hybridized carbons (Fsp3) is 0.913. The predicted octanol–water partition coefficient (Wildman–Crippen LogP) is 4.39. The molecule has 0 aromatic heterocycles. The number of amides is 2. The van der Waals surface area contributed by atoms with Gasteiger partial charge in [-0.2, -0.15) is 0 Å². The fourth-order valence-corrected chi connectivity index (χ4v) is 4.36. The predicted molar refractivity (Wildman–Crippen MR) is 117 cm³/mol. The number of primary amides is 1. The van der Waals surface area contributed by atoms with Crippen molar-refractivity contribution in [3.8, 4) is 0 Å². The molecular weight excluding hydrogens is 350 g/mol. The first kappa shape index (κ1) is 24.9. The quantitative estimate of drug-likeness (QED) is 0.381. The highest BCUT2D eigenvalue weighted by Crippen LogP contribution is 2.28. The monoisotopic (exact) mass is 395 g/mol. The summed E-state index contributed by atoms with van der Waals surface area (Å²) in [6.45, 7) is 5.54. The standard InChI is InChI=1S/C23H45N3O2/c1-3-4-5-6-7-8-9-10-14-17-25-18-23(28)26(19-22(24)27)20(2)21-15-12-11-13-16-21/h20-21,25H,3-19H2,1-2H3,(H2,24,27)/t20-/m0/s1. The molecule has 164 valence electrons. The molecule has 0 aromatic carbocycles. The van der Waals surface area contributed by atoms with Crippen molar-refractivity contribution in [2.24, 2.45) is 11.7 Å². The molecule has 0 heterocycles. The van der Waals surface area contributed by atoms with E-state index in [-0.39, 0.29) is 18.5 Å². The molecule has 1 saturated carbocycles. The highest BCUT2D eigenvalue weighted by molar-refractivity contribution is 5.85. The summed E-state index contributed by atoms with van der Waals surface area (Å²) >= 11 is 0. The third-order valence-corrected chi connectivity index (χ3v) is 6.20. The van der Waals surface area contributed by atoms with Crippen LogP contribution in [0, 0.1) is 5.92 Å². The average molecular weight is 396 g/mol. The largest absolute Gasteiger partial charge is 0.368 e. The van der Waals surface area contributed by atoms with E-state index in [4.69, 9.17) is 5.73 Å². The van der Waals surface area contributed by atoms with E-state index >= 15 is 0 Å². The van der Waals surface area contributed by atoms with Gasteiger partial charge in [0.15, 0.2) is 0 Å². The lowest BCUT2D eigenvalue weighted by Gasteiger charge is -2.36. The zero-order chi connectivity index (χ0) is 20.6. The number of carbonyl (C=O) groups excluding carboxylic acids is 2. The van der Waals surface area contributed by atoms with E-state index in [9.17, 15) is 9.59 Å². The molecule has 0 spiro atoms. The molecule has 0 saturated heterocycles. The van der Waals surface area contributed by atoms with Crippen molar-refractivity contribution >= 4 is 11.8 Å². The minimum Gasteiger partial charge on any atom is -0.368 e. The molecule has 0 radical (unpaired) electrons. The molecule has 0 aliphatic heterocycles. The Labute approximate surface area is 173 Å². The molecule has 5 nitrogen and oxygen atoms in total. The molecule has 1 aliphatic rings. The second-order valence-electron chi connectivity index (χ2n) is 8.63. The van der Waals surface area contributed by atoms with Gasteiger partial charge in [0.05, 0.1) is 13.1 Å². The number of nitrogens with two attached hydrogens (primary N) is 1. The second-order valence-corrected chi connectivity index (χ2v) is 8.63. The molecule has 1 atom stereocenters. The summed E-state index contributed by atoms with van der Waals surface area (Å²) in [6, 6.07) is 0.0924. The highest BCUT2D eigenvalue weighted by atomic mass is 16.2. The van der Waals surface area contributed by atoms with Gasteiger partial charge in [0.1, 0.15) is 0 Å². The van der Waals surface area contributed by atoms with Crippen LogP contribution in [0.2, 0.25) is 0 Å². The van der Waals surface area contributed by atoms with Crippen LogP contribution < -0.4 is 11.1 Å². The van der Waals surface area contributed by atoms with Crippen LogP contribution in [-0.4, -0.2) is 42.4 Å². The Kier molecular flexibility index (Phi) is 14.1. The molecule has 5 heteroatoms. The van der Waals surface area contributed by atoms with Gasteiger partial charge in [-0.15, -0.1) is 0 Å². The van der Waals surface area contributed by atoms with Crippen molar-refractivity contribution in [1.82, 2.24) is 10.2 Å². The lowest BCUT2D eigenvalue weighted by molar-refractivity contribution is -0.137. The van der Waals surface area contributed by atoms with Gasteiger partial charge in [-0.25, -0.2) is 0 Å². The summed E-state index contributed by atoms with van der Waals surface area (Å²) in [4.78, 5) is 25.9. The van der Waals surface area contributed by atoms with Gasteiger partial charge < -0.3 is 16.0 Å². The minimum atomic E-state index is -0.421. The summed E-state index contributed by atoms with van der Waals surface area (Å²) in [5.74, 6) is 0.0807. The minimum absolute atomic E-state index is 0.00722. The van der Waals surface area contributed by atoms with Crippen LogP contribution in [0.5, 0.6) is 0 Å². The summed E-state index contributed by atoms with van der Waals surface area (Å²) in [5.41, 5.74) is 5.41. The molecular formula is C23H45N3O2. The Morgan fingerprint density at radius 1 is 0.964 bits per heavy atom. The van der Waals surface area contributed by atoms with Gasteiger partial charge in [-0.05, 0) is 38.6 Å². The first-order valence-corrected chi connectivity index (χ1v) is 11.8. The summed E-state index contributed by atoms with van der Waals surface area (Å²) in [5, 5.41) is 3.27. The van der Waals surface area contributed by atoms with Gasteiger partial charge >= 0.3 is 0 Å². The Morgan fingerprint density at radius 2 is 1.54 bits per heavy atom. The van der Waals surface area contributed by atoms with Gasteiger partial charge in [-0.1, -0.05) is 77.6 Å². The lowest BCUT2D eigenvalue weighted by Crippen LogP contribution is -2.50. The van der Waals surface area contributed by atoms with Gasteiger partial charge in [0, 0.05) is 6.04 Å². The van der Waals surface area contributed by atoms with Crippen LogP contribution in [-0.2, 0) is 9.59 Å². The average Bonchev–Trinajstić information content (AvgIpc) is 2.70. The van der Waals surface area contributed by atoms with Crippen LogP contribution in [0.4, 0.5) is 0 Å². The van der Waals surface area contributed by atoms with E-state index in [2.05, 4.69) is 19.2 Å². The van der Waals surface area contributed by atoms with Gasteiger partial charge in [-0.3, -0.25) is 9.59 Å². The van der Waals surface area contributed by atoms with E-state index in [0.29, 0.717) is 12.5 Å². The van der Waals surface area contributed by atoms with Crippen molar-refractivity contribution in [2.75, 3.05) is 19.6 Å². The van der Waals surface area contributed by atoms with E-state index in [1.54, 1.807) is 4.90 Å². The smallest absolute Gasteiger partial charge is 0.237 e. The Morgan fingerprint density at radius 3 is 2.11 bits per heavy atom. The molecule has 1 fully saturated rings. The molecule has 0 aromatic rings. The van der Waals surface area contributed by atoms with Crippen LogP contribution in [0.15, 0.2) is 0 Å². The van der Waals surface area contributed by atoms with Crippen molar-refractivity contribution in [3.63, 3.8) is 0 Å². The summed E-state index contributed by atoms with van der Waals surface area (Å²) < 4.78 is 0. The van der Waals surface area contributed by atoms with E-state index in [0.717, 1.165) is 25.8 Å². The third kappa shape index (κ3) is 11.0. The fourth-order valence-electron chi connectivity index (χ4n) is 4.36. The van der Waals surface area contributed by atoms with Gasteiger partial charge in [0.2, 0.25) is 11.8 Å². The van der Waals surface area contributed by atoms with E-state index < -0.39 is 5.91 Å².